The lowest BCUT2D eigenvalue weighted by molar-refractivity contribution is 0.0919. The summed E-state index contributed by atoms with van der Waals surface area (Å²) < 4.78 is 35.3. The smallest absolute Gasteiger partial charge is 0.268 e. The number of rotatable bonds is 7. The van der Waals surface area contributed by atoms with Gasteiger partial charge in [0.05, 0.1) is 12.1 Å². The first-order chi connectivity index (χ1) is 15.1. The first-order valence-corrected chi connectivity index (χ1v) is 10.7. The Morgan fingerprint density at radius 2 is 1.97 bits per heavy atom. The van der Waals surface area contributed by atoms with E-state index in [4.69, 9.17) is 4.74 Å². The maximum Gasteiger partial charge on any atom is 0.268 e. The summed E-state index contributed by atoms with van der Waals surface area (Å²) in [6, 6.07) is 11.0. The van der Waals surface area contributed by atoms with Crippen LogP contribution in [0.4, 0.5) is 8.78 Å². The predicted octanol–water partition coefficient (Wildman–Crippen LogP) is 5.60. The Kier molecular flexibility index (Phi) is 6.35. The molecule has 1 aliphatic carbocycles. The fourth-order valence-electron chi connectivity index (χ4n) is 4.22. The van der Waals surface area contributed by atoms with E-state index < -0.39 is 11.6 Å². The lowest BCUT2D eigenvalue weighted by Crippen LogP contribution is -2.37. The lowest BCUT2D eigenvalue weighted by atomic mass is 9.95. The Hall–Kier alpha value is -3.15. The van der Waals surface area contributed by atoms with Crippen LogP contribution in [0.1, 0.15) is 48.2 Å². The van der Waals surface area contributed by atoms with Crippen LogP contribution in [0.2, 0.25) is 0 Å². The van der Waals surface area contributed by atoms with Gasteiger partial charge in [0.15, 0.2) is 0 Å². The van der Waals surface area contributed by atoms with Crippen LogP contribution < -0.4 is 10.1 Å². The minimum absolute atomic E-state index is 0.105. The molecule has 6 heteroatoms. The third-order valence-corrected chi connectivity index (χ3v) is 5.78. The van der Waals surface area contributed by atoms with Crippen LogP contribution in [0.15, 0.2) is 55.1 Å². The van der Waals surface area contributed by atoms with E-state index in [2.05, 4.69) is 11.9 Å². The number of aromatic nitrogens is 1. The van der Waals surface area contributed by atoms with Crippen molar-refractivity contribution < 1.29 is 18.3 Å². The number of amides is 1. The number of nitrogens with zero attached hydrogens (tertiary/aromatic N) is 1. The van der Waals surface area contributed by atoms with Crippen molar-refractivity contribution in [1.82, 2.24) is 9.88 Å². The topological polar surface area (TPSA) is 43.3 Å². The van der Waals surface area contributed by atoms with Crippen molar-refractivity contribution >= 4 is 16.8 Å². The van der Waals surface area contributed by atoms with Crippen molar-refractivity contribution in [3.05, 3.63) is 78.0 Å². The van der Waals surface area contributed by atoms with Gasteiger partial charge < -0.3 is 14.6 Å². The average Bonchev–Trinajstić information content (AvgIpc) is 3.14. The third-order valence-electron chi connectivity index (χ3n) is 5.78. The molecule has 1 saturated carbocycles. The highest BCUT2D eigenvalue weighted by molar-refractivity contribution is 6.00. The van der Waals surface area contributed by atoms with Gasteiger partial charge in [-0.2, -0.15) is 0 Å². The molecule has 0 atom stereocenters. The van der Waals surface area contributed by atoms with Crippen molar-refractivity contribution in [3.8, 4) is 5.75 Å². The Morgan fingerprint density at radius 3 is 2.71 bits per heavy atom. The molecule has 1 amide bonds. The first kappa shape index (κ1) is 21.1. The number of hydrogen-bond acceptors (Lipinski definition) is 2. The molecule has 0 saturated heterocycles. The minimum atomic E-state index is -0.639. The molecular weight excluding hydrogens is 398 g/mol. The summed E-state index contributed by atoms with van der Waals surface area (Å²) in [4.78, 5) is 13.2. The Morgan fingerprint density at radius 1 is 1.16 bits per heavy atom. The van der Waals surface area contributed by atoms with E-state index in [9.17, 15) is 13.6 Å². The summed E-state index contributed by atoms with van der Waals surface area (Å²) in [6.07, 6.45) is 6.99. The molecule has 0 unspecified atom stereocenters. The van der Waals surface area contributed by atoms with E-state index in [0.29, 0.717) is 23.6 Å². The van der Waals surface area contributed by atoms with Gasteiger partial charge >= 0.3 is 0 Å². The summed E-state index contributed by atoms with van der Waals surface area (Å²) in [5, 5.41) is 3.90. The Bertz CT molecular complexity index is 1100. The second kappa shape index (κ2) is 9.33. The van der Waals surface area contributed by atoms with Crippen molar-refractivity contribution in [3.63, 3.8) is 0 Å². The van der Waals surface area contributed by atoms with Crippen LogP contribution in [0.3, 0.4) is 0 Å². The van der Waals surface area contributed by atoms with E-state index in [0.717, 1.165) is 42.7 Å². The van der Waals surface area contributed by atoms with Crippen LogP contribution in [0, 0.1) is 11.6 Å². The van der Waals surface area contributed by atoms with Crippen molar-refractivity contribution in [1.29, 1.82) is 0 Å². The molecule has 1 N–H and O–H groups in total. The maximum absolute atomic E-state index is 14.4. The Balaban J connectivity index is 1.75. The molecule has 31 heavy (non-hydrogen) atoms. The molecular formula is C25H26F2N2O2. The van der Waals surface area contributed by atoms with E-state index in [-0.39, 0.29) is 18.5 Å². The molecule has 1 aliphatic rings. The van der Waals surface area contributed by atoms with Gasteiger partial charge in [0.1, 0.15) is 29.7 Å². The van der Waals surface area contributed by atoms with Gasteiger partial charge in [-0.1, -0.05) is 44.1 Å². The van der Waals surface area contributed by atoms with Gasteiger partial charge in [-0.05, 0) is 37.1 Å². The summed E-state index contributed by atoms with van der Waals surface area (Å²) in [5.74, 6) is -0.837. The van der Waals surface area contributed by atoms with Gasteiger partial charge in [-0.25, -0.2) is 8.78 Å². The second-order valence-electron chi connectivity index (χ2n) is 7.95. The minimum Gasteiger partial charge on any atom is -0.489 e. The molecule has 3 aromatic rings. The largest absolute Gasteiger partial charge is 0.489 e. The van der Waals surface area contributed by atoms with Crippen LogP contribution in [-0.4, -0.2) is 23.1 Å². The van der Waals surface area contributed by atoms with Gasteiger partial charge in [0.25, 0.3) is 5.91 Å². The van der Waals surface area contributed by atoms with Crippen molar-refractivity contribution in [2.75, 3.05) is 6.61 Å². The standard InChI is InChI=1S/C25H26F2N2O2/c1-2-13-31-24-10-6-9-22-20(24)15-23(25(30)28-19-7-4-3-5-8-19)29(22)16-17-11-12-18(26)14-21(17)27/h2,6,9-12,14-15,19H,1,3-5,7-8,13,16H2,(H,28,30). The summed E-state index contributed by atoms with van der Waals surface area (Å²) >= 11 is 0. The average molecular weight is 424 g/mol. The molecule has 0 spiro atoms. The molecule has 0 aliphatic heterocycles. The Labute approximate surface area is 180 Å². The van der Waals surface area contributed by atoms with E-state index in [1.165, 1.54) is 18.6 Å². The van der Waals surface area contributed by atoms with Crippen LogP contribution >= 0.6 is 0 Å². The highest BCUT2D eigenvalue weighted by atomic mass is 19.1. The molecule has 4 rings (SSSR count). The molecule has 0 bridgehead atoms. The highest BCUT2D eigenvalue weighted by Gasteiger charge is 2.22. The molecule has 1 aromatic heterocycles. The quantitative estimate of drug-likeness (QED) is 0.502. The van der Waals surface area contributed by atoms with E-state index in [1.807, 2.05) is 18.2 Å². The second-order valence-corrected chi connectivity index (χ2v) is 7.95. The number of carbonyl (C=O) groups excluding carboxylic acids is 1. The lowest BCUT2D eigenvalue weighted by Gasteiger charge is -2.23. The van der Waals surface area contributed by atoms with Gasteiger partial charge in [-0.3, -0.25) is 4.79 Å². The number of halogens is 2. The zero-order chi connectivity index (χ0) is 21.8. The molecule has 162 valence electrons. The number of ether oxygens (including phenoxy) is 1. The van der Waals surface area contributed by atoms with E-state index >= 15 is 0 Å². The molecule has 1 fully saturated rings. The predicted molar refractivity (Wildman–Crippen MR) is 117 cm³/mol. The zero-order valence-electron chi connectivity index (χ0n) is 17.4. The number of carbonyl (C=O) groups is 1. The number of benzene rings is 2. The van der Waals surface area contributed by atoms with Crippen LogP contribution in [-0.2, 0) is 6.54 Å². The van der Waals surface area contributed by atoms with Crippen molar-refractivity contribution in [2.24, 2.45) is 0 Å². The summed E-state index contributed by atoms with van der Waals surface area (Å²) in [7, 11) is 0. The summed E-state index contributed by atoms with van der Waals surface area (Å²) in [5.41, 5.74) is 1.49. The maximum atomic E-state index is 14.4. The van der Waals surface area contributed by atoms with Crippen LogP contribution in [0.25, 0.3) is 10.9 Å². The van der Waals surface area contributed by atoms with Crippen molar-refractivity contribution in [2.45, 2.75) is 44.7 Å². The van der Waals surface area contributed by atoms with Gasteiger partial charge in [-0.15, -0.1) is 0 Å². The summed E-state index contributed by atoms with van der Waals surface area (Å²) in [6.45, 7) is 4.12. The van der Waals surface area contributed by atoms with E-state index in [1.54, 1.807) is 16.7 Å². The van der Waals surface area contributed by atoms with Gasteiger partial charge in [0.2, 0.25) is 0 Å². The molecule has 2 aromatic carbocycles. The molecule has 4 nitrogen and oxygen atoms in total. The van der Waals surface area contributed by atoms with Gasteiger partial charge in [0, 0.05) is 23.1 Å². The molecule has 1 heterocycles. The number of nitrogens with one attached hydrogen (secondary N) is 1. The molecule has 0 radical (unpaired) electrons. The normalized spacial score (nSPS) is 14.5. The third kappa shape index (κ3) is 4.63. The fourth-order valence-corrected chi connectivity index (χ4v) is 4.22. The monoisotopic (exact) mass is 424 g/mol. The highest BCUT2D eigenvalue weighted by Crippen LogP contribution is 2.30. The number of hydrogen-bond donors (Lipinski definition) is 1. The number of fused-ring (bicyclic) bond motifs is 1. The fraction of sp³-hybridized carbons (Fsp3) is 0.320. The zero-order valence-corrected chi connectivity index (χ0v) is 17.4. The first-order valence-electron chi connectivity index (χ1n) is 10.7. The SMILES string of the molecule is C=CCOc1cccc2c1cc(C(=O)NC1CCCCC1)n2Cc1ccc(F)cc1F. The van der Waals surface area contributed by atoms with Crippen LogP contribution in [0.5, 0.6) is 5.75 Å².